The molecular weight excluding hydrogens is 342 g/mol. The van der Waals surface area contributed by atoms with Crippen LogP contribution in [0.15, 0.2) is 41.0 Å². The summed E-state index contributed by atoms with van der Waals surface area (Å²) >= 11 is 3.25. The maximum Gasteiger partial charge on any atom is 0.273 e. The van der Waals surface area contributed by atoms with Crippen LogP contribution in [0.4, 0.5) is 8.78 Å². The Hall–Kier alpha value is -1.82. The van der Waals surface area contributed by atoms with E-state index >= 15 is 0 Å². The molecule has 0 spiro atoms. The average molecular weight is 355 g/mol. The average Bonchev–Trinajstić information content (AvgIpc) is 2.48. The Morgan fingerprint density at radius 2 is 2.05 bits per heavy atom. The highest BCUT2D eigenvalue weighted by molar-refractivity contribution is 9.10. The smallest absolute Gasteiger partial charge is 0.273 e. The van der Waals surface area contributed by atoms with Crippen LogP contribution in [0.1, 0.15) is 29.0 Å². The summed E-state index contributed by atoms with van der Waals surface area (Å²) < 4.78 is 27.6. The Morgan fingerprint density at radius 1 is 1.33 bits per heavy atom. The molecule has 0 radical (unpaired) electrons. The van der Waals surface area contributed by atoms with Gasteiger partial charge in [-0.2, -0.15) is 0 Å². The Morgan fingerprint density at radius 3 is 2.71 bits per heavy atom. The van der Waals surface area contributed by atoms with Crippen molar-refractivity contribution in [2.24, 2.45) is 0 Å². The fraction of sp³-hybridized carbons (Fsp3) is 0.200. The van der Waals surface area contributed by atoms with Crippen LogP contribution in [0.5, 0.6) is 0 Å². The number of hydrogen-bond donors (Lipinski definition) is 0. The van der Waals surface area contributed by atoms with Crippen molar-refractivity contribution in [2.45, 2.75) is 13.0 Å². The molecule has 0 aliphatic heterocycles. The van der Waals surface area contributed by atoms with Gasteiger partial charge in [0, 0.05) is 23.3 Å². The largest absolute Gasteiger partial charge is 0.333 e. The molecule has 3 nitrogen and oxygen atoms in total. The van der Waals surface area contributed by atoms with E-state index in [1.165, 1.54) is 18.1 Å². The first-order valence-electron chi connectivity index (χ1n) is 6.24. The van der Waals surface area contributed by atoms with E-state index in [0.29, 0.717) is 4.47 Å². The van der Waals surface area contributed by atoms with E-state index < -0.39 is 17.7 Å². The van der Waals surface area contributed by atoms with Gasteiger partial charge in [-0.15, -0.1) is 0 Å². The van der Waals surface area contributed by atoms with Gasteiger partial charge in [-0.05, 0) is 53.2 Å². The number of carbonyl (C=O) groups excluding carboxylic acids is 1. The van der Waals surface area contributed by atoms with Gasteiger partial charge in [-0.25, -0.2) is 13.8 Å². The van der Waals surface area contributed by atoms with E-state index in [-0.39, 0.29) is 17.2 Å². The molecule has 0 fully saturated rings. The van der Waals surface area contributed by atoms with Crippen molar-refractivity contribution in [3.8, 4) is 0 Å². The van der Waals surface area contributed by atoms with E-state index in [2.05, 4.69) is 20.9 Å². The fourth-order valence-electron chi connectivity index (χ4n) is 1.93. The van der Waals surface area contributed by atoms with Crippen LogP contribution in [0, 0.1) is 11.6 Å². The third kappa shape index (κ3) is 3.26. The standard InChI is InChI=1S/C15H13BrF2N2O/c1-9(11-8-10(17)5-6-13(11)18)20(2)15(21)14-12(16)4-3-7-19-14/h3-9H,1-2H3. The molecule has 0 saturated heterocycles. The number of benzene rings is 1. The van der Waals surface area contributed by atoms with Gasteiger partial charge in [0.05, 0.1) is 6.04 Å². The summed E-state index contributed by atoms with van der Waals surface area (Å²) in [6.45, 7) is 1.63. The molecule has 0 N–H and O–H groups in total. The van der Waals surface area contributed by atoms with Crippen LogP contribution < -0.4 is 0 Å². The van der Waals surface area contributed by atoms with Crippen LogP contribution in [0.3, 0.4) is 0 Å². The number of amides is 1. The van der Waals surface area contributed by atoms with E-state index in [1.54, 1.807) is 19.1 Å². The van der Waals surface area contributed by atoms with Crippen molar-refractivity contribution in [2.75, 3.05) is 7.05 Å². The van der Waals surface area contributed by atoms with Crippen LogP contribution in [-0.2, 0) is 0 Å². The van der Waals surface area contributed by atoms with Crippen LogP contribution in [0.2, 0.25) is 0 Å². The van der Waals surface area contributed by atoms with Gasteiger partial charge in [-0.1, -0.05) is 0 Å². The maximum atomic E-state index is 13.8. The highest BCUT2D eigenvalue weighted by Gasteiger charge is 2.23. The second-order valence-electron chi connectivity index (χ2n) is 4.59. The Balaban J connectivity index is 2.31. The van der Waals surface area contributed by atoms with E-state index in [9.17, 15) is 13.6 Å². The number of rotatable bonds is 3. The van der Waals surface area contributed by atoms with Gasteiger partial charge in [0.1, 0.15) is 17.3 Å². The maximum absolute atomic E-state index is 13.8. The molecule has 2 aromatic rings. The van der Waals surface area contributed by atoms with E-state index in [4.69, 9.17) is 0 Å². The Bertz CT molecular complexity index is 678. The molecular formula is C15H13BrF2N2O. The van der Waals surface area contributed by atoms with E-state index in [1.807, 2.05) is 0 Å². The molecule has 1 aromatic carbocycles. The lowest BCUT2D eigenvalue weighted by atomic mass is 10.1. The molecule has 1 unspecified atom stereocenters. The van der Waals surface area contributed by atoms with Crippen LogP contribution in [-0.4, -0.2) is 22.8 Å². The van der Waals surface area contributed by atoms with Crippen molar-refractivity contribution in [1.82, 2.24) is 9.88 Å². The quantitative estimate of drug-likeness (QED) is 0.835. The first-order chi connectivity index (χ1) is 9.91. The molecule has 1 heterocycles. The summed E-state index contributed by atoms with van der Waals surface area (Å²) in [5.74, 6) is -1.47. The van der Waals surface area contributed by atoms with Crippen LogP contribution >= 0.6 is 15.9 Å². The molecule has 1 amide bonds. The summed E-state index contributed by atoms with van der Waals surface area (Å²) in [5, 5.41) is 0. The zero-order valence-electron chi connectivity index (χ0n) is 11.5. The SMILES string of the molecule is CC(c1cc(F)ccc1F)N(C)C(=O)c1ncccc1Br. The number of halogens is 3. The molecule has 1 aromatic heterocycles. The number of nitrogens with zero attached hydrogens (tertiary/aromatic N) is 2. The lowest BCUT2D eigenvalue weighted by Gasteiger charge is -2.25. The molecule has 0 saturated carbocycles. The van der Waals surface area contributed by atoms with Gasteiger partial charge < -0.3 is 4.90 Å². The summed E-state index contributed by atoms with van der Waals surface area (Å²) in [4.78, 5) is 17.7. The van der Waals surface area contributed by atoms with Gasteiger partial charge in [0.2, 0.25) is 0 Å². The summed E-state index contributed by atoms with van der Waals surface area (Å²) in [6, 6.07) is 5.95. The monoisotopic (exact) mass is 354 g/mol. The van der Waals surface area contributed by atoms with Gasteiger partial charge in [0.15, 0.2) is 0 Å². The molecule has 0 aliphatic carbocycles. The fourth-order valence-corrected chi connectivity index (χ4v) is 2.35. The first-order valence-corrected chi connectivity index (χ1v) is 7.03. The van der Waals surface area contributed by atoms with Crippen molar-refractivity contribution in [3.63, 3.8) is 0 Å². The molecule has 6 heteroatoms. The van der Waals surface area contributed by atoms with Gasteiger partial charge in [0.25, 0.3) is 5.91 Å². The van der Waals surface area contributed by atoms with Gasteiger partial charge in [-0.3, -0.25) is 4.79 Å². The molecule has 0 aliphatic rings. The highest BCUT2D eigenvalue weighted by Crippen LogP contribution is 2.25. The number of pyridine rings is 1. The lowest BCUT2D eigenvalue weighted by Crippen LogP contribution is -2.31. The Labute approximate surface area is 129 Å². The Kier molecular flexibility index (Phi) is 4.67. The number of carbonyl (C=O) groups is 1. The zero-order valence-corrected chi connectivity index (χ0v) is 13.1. The minimum atomic E-state index is -0.623. The molecule has 110 valence electrons. The second kappa shape index (κ2) is 6.30. The third-order valence-corrected chi connectivity index (χ3v) is 3.91. The predicted molar refractivity (Wildman–Crippen MR) is 78.8 cm³/mol. The van der Waals surface area contributed by atoms with Gasteiger partial charge >= 0.3 is 0 Å². The highest BCUT2D eigenvalue weighted by atomic mass is 79.9. The summed E-state index contributed by atoms with van der Waals surface area (Å²) in [7, 11) is 1.53. The molecule has 1 atom stereocenters. The first kappa shape index (κ1) is 15.6. The minimum absolute atomic E-state index is 0.123. The lowest BCUT2D eigenvalue weighted by molar-refractivity contribution is 0.0733. The summed E-state index contributed by atoms with van der Waals surface area (Å²) in [5.41, 5.74) is 0.349. The minimum Gasteiger partial charge on any atom is -0.333 e. The van der Waals surface area contributed by atoms with Crippen LogP contribution in [0.25, 0.3) is 0 Å². The number of aromatic nitrogens is 1. The normalized spacial score (nSPS) is 12.0. The molecule has 21 heavy (non-hydrogen) atoms. The summed E-state index contributed by atoms with van der Waals surface area (Å²) in [6.07, 6.45) is 1.50. The predicted octanol–water partition coefficient (Wildman–Crippen LogP) is 3.96. The van der Waals surface area contributed by atoms with E-state index in [0.717, 1.165) is 18.2 Å². The molecule has 2 rings (SSSR count). The third-order valence-electron chi connectivity index (χ3n) is 3.27. The van der Waals surface area contributed by atoms with Crippen molar-refractivity contribution >= 4 is 21.8 Å². The zero-order chi connectivity index (χ0) is 15.6. The van der Waals surface area contributed by atoms with Crippen molar-refractivity contribution in [3.05, 3.63) is 63.9 Å². The molecule has 0 bridgehead atoms. The van der Waals surface area contributed by atoms with Crippen molar-refractivity contribution < 1.29 is 13.6 Å². The number of hydrogen-bond acceptors (Lipinski definition) is 2. The topological polar surface area (TPSA) is 33.2 Å². The van der Waals surface area contributed by atoms with Crippen molar-refractivity contribution in [1.29, 1.82) is 0 Å². The second-order valence-corrected chi connectivity index (χ2v) is 5.45.